The Bertz CT molecular complexity index is 614. The number of nitro benzene ring substituents is 1. The van der Waals surface area contributed by atoms with Gasteiger partial charge in [-0.05, 0) is 30.2 Å². The maximum Gasteiger partial charge on any atom is 0.292 e. The smallest absolute Gasteiger partial charge is 0.292 e. The number of halogens is 1. The predicted molar refractivity (Wildman–Crippen MR) is 76.6 cm³/mol. The van der Waals surface area contributed by atoms with Gasteiger partial charge in [-0.1, -0.05) is 35.9 Å². The molecular weight excluding hydrogens is 264 g/mol. The van der Waals surface area contributed by atoms with Gasteiger partial charge in [0.15, 0.2) is 0 Å². The minimum Gasteiger partial charge on any atom is -0.375 e. The van der Waals surface area contributed by atoms with Gasteiger partial charge >= 0.3 is 0 Å². The monoisotopic (exact) mass is 276 g/mol. The van der Waals surface area contributed by atoms with Crippen molar-refractivity contribution >= 4 is 23.0 Å². The topological polar surface area (TPSA) is 55.2 Å². The Labute approximate surface area is 116 Å². The molecule has 0 heterocycles. The second-order valence-electron chi connectivity index (χ2n) is 4.22. The van der Waals surface area contributed by atoms with E-state index in [2.05, 4.69) is 5.32 Å². The first kappa shape index (κ1) is 13.4. The molecule has 5 heteroatoms. The first-order valence-corrected chi connectivity index (χ1v) is 6.18. The molecule has 2 rings (SSSR count). The summed E-state index contributed by atoms with van der Waals surface area (Å²) in [5.41, 5.74) is 2.33. The third-order valence-corrected chi connectivity index (χ3v) is 3.15. The normalized spacial score (nSPS) is 10.2. The van der Waals surface area contributed by atoms with Crippen LogP contribution >= 0.6 is 11.6 Å². The molecule has 0 amide bonds. The molecule has 1 N–H and O–H groups in total. The van der Waals surface area contributed by atoms with Crippen LogP contribution in [0.4, 0.5) is 11.4 Å². The van der Waals surface area contributed by atoms with Crippen LogP contribution in [0.25, 0.3) is 0 Å². The van der Waals surface area contributed by atoms with E-state index in [0.717, 1.165) is 11.1 Å². The highest BCUT2D eigenvalue weighted by atomic mass is 35.5. The molecule has 98 valence electrons. The van der Waals surface area contributed by atoms with Crippen LogP contribution in [0.2, 0.25) is 5.02 Å². The quantitative estimate of drug-likeness (QED) is 0.673. The third kappa shape index (κ3) is 3.23. The Balaban J connectivity index is 2.20. The molecule has 0 bridgehead atoms. The van der Waals surface area contributed by atoms with Crippen molar-refractivity contribution in [3.05, 3.63) is 68.7 Å². The van der Waals surface area contributed by atoms with Crippen molar-refractivity contribution in [1.82, 2.24) is 0 Å². The molecule has 0 spiro atoms. The molecule has 2 aromatic carbocycles. The van der Waals surface area contributed by atoms with Crippen molar-refractivity contribution in [2.24, 2.45) is 0 Å². The van der Waals surface area contributed by atoms with Gasteiger partial charge in [0, 0.05) is 17.6 Å². The van der Waals surface area contributed by atoms with Crippen molar-refractivity contribution in [2.75, 3.05) is 5.32 Å². The van der Waals surface area contributed by atoms with Crippen molar-refractivity contribution < 1.29 is 4.92 Å². The number of rotatable bonds is 4. The Morgan fingerprint density at radius 1 is 1.26 bits per heavy atom. The summed E-state index contributed by atoms with van der Waals surface area (Å²) in [6, 6.07) is 12.5. The Morgan fingerprint density at radius 2 is 2.00 bits per heavy atom. The lowest BCUT2D eigenvalue weighted by molar-refractivity contribution is -0.384. The van der Waals surface area contributed by atoms with E-state index in [0.29, 0.717) is 17.3 Å². The summed E-state index contributed by atoms with van der Waals surface area (Å²) < 4.78 is 0. The van der Waals surface area contributed by atoms with E-state index in [-0.39, 0.29) is 10.6 Å². The minimum absolute atomic E-state index is 0.0760. The summed E-state index contributed by atoms with van der Waals surface area (Å²) in [5, 5.41) is 14.7. The zero-order valence-corrected chi connectivity index (χ0v) is 11.1. The van der Waals surface area contributed by atoms with Crippen molar-refractivity contribution in [3.8, 4) is 0 Å². The number of aryl methyl sites for hydroxylation is 1. The highest BCUT2D eigenvalue weighted by Crippen LogP contribution is 2.26. The van der Waals surface area contributed by atoms with Crippen LogP contribution in [-0.4, -0.2) is 4.92 Å². The van der Waals surface area contributed by atoms with Crippen LogP contribution in [-0.2, 0) is 6.54 Å². The maximum atomic E-state index is 11.0. The lowest BCUT2D eigenvalue weighted by Gasteiger charge is -2.09. The number of hydrogen-bond donors (Lipinski definition) is 1. The summed E-state index contributed by atoms with van der Waals surface area (Å²) in [5.74, 6) is 0. The van der Waals surface area contributed by atoms with Gasteiger partial charge in [0.25, 0.3) is 5.69 Å². The first-order valence-electron chi connectivity index (χ1n) is 5.80. The highest BCUT2D eigenvalue weighted by molar-refractivity contribution is 6.31. The second kappa shape index (κ2) is 5.71. The van der Waals surface area contributed by atoms with Crippen LogP contribution in [0.15, 0.2) is 42.5 Å². The molecule has 0 aliphatic heterocycles. The summed E-state index contributed by atoms with van der Waals surface area (Å²) >= 11 is 6.04. The molecule has 0 fully saturated rings. The molecule has 0 unspecified atom stereocenters. The van der Waals surface area contributed by atoms with E-state index in [9.17, 15) is 10.1 Å². The number of hydrogen-bond acceptors (Lipinski definition) is 3. The summed E-state index contributed by atoms with van der Waals surface area (Å²) in [6.07, 6.45) is 0. The van der Waals surface area contributed by atoms with Crippen LogP contribution in [0.5, 0.6) is 0 Å². The first-order chi connectivity index (χ1) is 9.08. The van der Waals surface area contributed by atoms with E-state index in [1.807, 2.05) is 31.2 Å². The van der Waals surface area contributed by atoms with Crippen LogP contribution < -0.4 is 5.32 Å². The third-order valence-electron chi connectivity index (χ3n) is 2.78. The SMILES string of the molecule is Cc1ccc(NCc2ccccc2Cl)c([N+](=O)[O-])c1. The van der Waals surface area contributed by atoms with Gasteiger partial charge in [-0.25, -0.2) is 0 Å². The number of anilines is 1. The van der Waals surface area contributed by atoms with Gasteiger partial charge < -0.3 is 5.32 Å². The zero-order chi connectivity index (χ0) is 13.8. The van der Waals surface area contributed by atoms with Gasteiger partial charge in [-0.3, -0.25) is 10.1 Å². The Kier molecular flexibility index (Phi) is 4.02. The number of nitrogens with zero attached hydrogens (tertiary/aromatic N) is 1. The molecule has 0 saturated carbocycles. The largest absolute Gasteiger partial charge is 0.375 e. The van der Waals surface area contributed by atoms with Gasteiger partial charge in [-0.2, -0.15) is 0 Å². The molecule has 2 aromatic rings. The fourth-order valence-corrected chi connectivity index (χ4v) is 1.98. The van der Waals surface area contributed by atoms with Crippen LogP contribution in [0, 0.1) is 17.0 Å². The average Bonchev–Trinajstić information content (AvgIpc) is 2.38. The van der Waals surface area contributed by atoms with E-state index < -0.39 is 0 Å². The van der Waals surface area contributed by atoms with E-state index >= 15 is 0 Å². The molecule has 0 aliphatic carbocycles. The van der Waals surface area contributed by atoms with Crippen LogP contribution in [0.3, 0.4) is 0 Å². The Hall–Kier alpha value is -2.07. The Morgan fingerprint density at radius 3 is 2.68 bits per heavy atom. The molecule has 0 aromatic heterocycles. The highest BCUT2D eigenvalue weighted by Gasteiger charge is 2.13. The number of nitro groups is 1. The molecule has 0 saturated heterocycles. The van der Waals surface area contributed by atoms with Crippen molar-refractivity contribution in [1.29, 1.82) is 0 Å². The number of benzene rings is 2. The van der Waals surface area contributed by atoms with Gasteiger partial charge in [0.2, 0.25) is 0 Å². The fraction of sp³-hybridized carbons (Fsp3) is 0.143. The molecule has 0 aliphatic rings. The van der Waals surface area contributed by atoms with Gasteiger partial charge in [0.05, 0.1) is 4.92 Å². The zero-order valence-electron chi connectivity index (χ0n) is 10.4. The molecule has 19 heavy (non-hydrogen) atoms. The molecule has 0 atom stereocenters. The number of nitrogens with one attached hydrogen (secondary N) is 1. The molecule has 4 nitrogen and oxygen atoms in total. The van der Waals surface area contributed by atoms with E-state index in [1.54, 1.807) is 18.2 Å². The van der Waals surface area contributed by atoms with Gasteiger partial charge in [0.1, 0.15) is 5.69 Å². The maximum absolute atomic E-state index is 11.0. The summed E-state index contributed by atoms with van der Waals surface area (Å²) in [7, 11) is 0. The van der Waals surface area contributed by atoms with E-state index in [4.69, 9.17) is 11.6 Å². The predicted octanol–water partition coefficient (Wildman–Crippen LogP) is 4.17. The molecule has 0 radical (unpaired) electrons. The molecular formula is C14H13ClN2O2. The lowest BCUT2D eigenvalue weighted by atomic mass is 10.1. The van der Waals surface area contributed by atoms with Crippen LogP contribution in [0.1, 0.15) is 11.1 Å². The average molecular weight is 277 g/mol. The minimum atomic E-state index is -0.387. The summed E-state index contributed by atoms with van der Waals surface area (Å²) in [4.78, 5) is 10.6. The van der Waals surface area contributed by atoms with Crippen molar-refractivity contribution in [3.63, 3.8) is 0 Å². The second-order valence-corrected chi connectivity index (χ2v) is 4.63. The standard InChI is InChI=1S/C14H13ClN2O2/c1-10-6-7-13(14(8-10)17(18)19)16-9-11-4-2-3-5-12(11)15/h2-8,16H,9H2,1H3. The fourth-order valence-electron chi connectivity index (χ4n) is 1.77. The van der Waals surface area contributed by atoms with Crippen molar-refractivity contribution in [2.45, 2.75) is 13.5 Å². The van der Waals surface area contributed by atoms with Gasteiger partial charge in [-0.15, -0.1) is 0 Å². The summed E-state index contributed by atoms with van der Waals surface area (Å²) in [6.45, 7) is 2.27. The lowest BCUT2D eigenvalue weighted by Crippen LogP contribution is -2.03. The van der Waals surface area contributed by atoms with E-state index in [1.165, 1.54) is 0 Å².